The number of pyridine rings is 1. The van der Waals surface area contributed by atoms with Crippen molar-refractivity contribution in [2.45, 2.75) is 25.3 Å². The Morgan fingerprint density at radius 2 is 2.11 bits per heavy atom. The van der Waals surface area contributed by atoms with Gasteiger partial charge in [-0.1, -0.05) is 0 Å². The monoisotopic (exact) mass is 373 g/mol. The highest BCUT2D eigenvalue weighted by atomic mass is 16.5. The van der Waals surface area contributed by atoms with Crippen molar-refractivity contribution in [3.63, 3.8) is 0 Å². The summed E-state index contributed by atoms with van der Waals surface area (Å²) >= 11 is 0. The zero-order chi connectivity index (χ0) is 19.4. The number of carbonyl (C=O) groups excluding carboxylic acids is 2. The normalized spacial score (nSPS) is 16.8. The van der Waals surface area contributed by atoms with Gasteiger partial charge in [0.15, 0.2) is 0 Å². The molecule has 27 heavy (non-hydrogen) atoms. The first-order valence-electron chi connectivity index (χ1n) is 8.71. The van der Waals surface area contributed by atoms with Crippen LogP contribution in [0.1, 0.15) is 34.9 Å². The van der Waals surface area contributed by atoms with Gasteiger partial charge in [0.2, 0.25) is 17.7 Å². The van der Waals surface area contributed by atoms with Crippen LogP contribution >= 0.6 is 0 Å². The van der Waals surface area contributed by atoms with Gasteiger partial charge in [0, 0.05) is 37.5 Å². The Hall–Kier alpha value is -3.10. The third kappa shape index (κ3) is 4.02. The number of likely N-dealkylation sites (tertiary alicyclic amines) is 1. The second-order valence-electron chi connectivity index (χ2n) is 6.38. The van der Waals surface area contributed by atoms with Crippen molar-refractivity contribution >= 4 is 11.8 Å². The summed E-state index contributed by atoms with van der Waals surface area (Å²) in [5, 5.41) is 0. The Kier molecular flexibility index (Phi) is 5.58. The summed E-state index contributed by atoms with van der Waals surface area (Å²) in [6.07, 6.45) is 5.11. The summed E-state index contributed by atoms with van der Waals surface area (Å²) in [7, 11) is 2.98. The predicted molar refractivity (Wildman–Crippen MR) is 96.6 cm³/mol. The van der Waals surface area contributed by atoms with Crippen LogP contribution in [0.15, 0.2) is 24.5 Å². The van der Waals surface area contributed by atoms with Crippen molar-refractivity contribution in [1.82, 2.24) is 19.4 Å². The number of nitrogens with zero attached hydrogens (tertiary/aromatic N) is 4. The van der Waals surface area contributed by atoms with Crippen molar-refractivity contribution in [3.05, 3.63) is 35.9 Å². The number of ether oxygens (including phenoxy) is 2. The van der Waals surface area contributed by atoms with Gasteiger partial charge in [-0.2, -0.15) is 4.98 Å². The Balaban J connectivity index is 1.79. The summed E-state index contributed by atoms with van der Waals surface area (Å²) < 4.78 is 12.1. The van der Waals surface area contributed by atoms with Crippen LogP contribution in [0.2, 0.25) is 0 Å². The van der Waals surface area contributed by atoms with E-state index in [1.165, 1.54) is 14.2 Å². The van der Waals surface area contributed by atoms with Crippen LogP contribution in [-0.4, -0.2) is 58.6 Å². The van der Waals surface area contributed by atoms with Crippen molar-refractivity contribution in [3.8, 4) is 11.8 Å². The molecule has 144 valence electrons. The highest BCUT2D eigenvalue weighted by Crippen LogP contribution is 2.28. The van der Waals surface area contributed by atoms with Crippen LogP contribution in [0.4, 0.5) is 0 Å². The van der Waals surface area contributed by atoms with Gasteiger partial charge < -0.3 is 24.7 Å². The summed E-state index contributed by atoms with van der Waals surface area (Å²) in [6, 6.07) is 3.29. The highest BCUT2D eigenvalue weighted by molar-refractivity contribution is 5.96. The first-order valence-corrected chi connectivity index (χ1v) is 8.71. The van der Waals surface area contributed by atoms with E-state index in [1.807, 2.05) is 0 Å². The number of primary amides is 1. The van der Waals surface area contributed by atoms with Crippen molar-refractivity contribution in [2.75, 3.05) is 27.3 Å². The maximum absolute atomic E-state index is 13.0. The van der Waals surface area contributed by atoms with Crippen LogP contribution in [0.3, 0.4) is 0 Å². The number of methoxy groups -OCH3 is 2. The Morgan fingerprint density at radius 3 is 2.81 bits per heavy atom. The molecule has 2 aromatic heterocycles. The fraction of sp³-hybridized carbons (Fsp3) is 0.444. The van der Waals surface area contributed by atoms with E-state index >= 15 is 0 Å². The molecule has 9 nitrogen and oxygen atoms in total. The predicted octanol–water partition coefficient (Wildman–Crippen LogP) is 0.800. The molecule has 0 aliphatic carbocycles. The molecule has 0 spiro atoms. The topological polar surface area (TPSA) is 113 Å². The van der Waals surface area contributed by atoms with Gasteiger partial charge in [0.1, 0.15) is 17.9 Å². The molecule has 9 heteroatoms. The minimum absolute atomic E-state index is 0.0363. The van der Waals surface area contributed by atoms with Gasteiger partial charge in [0.05, 0.1) is 14.2 Å². The van der Waals surface area contributed by atoms with Crippen LogP contribution < -0.4 is 15.2 Å². The van der Waals surface area contributed by atoms with Crippen molar-refractivity contribution in [1.29, 1.82) is 0 Å². The van der Waals surface area contributed by atoms with Crippen LogP contribution in [0.5, 0.6) is 11.8 Å². The lowest BCUT2D eigenvalue weighted by atomic mass is 9.96. The van der Waals surface area contributed by atoms with E-state index in [4.69, 9.17) is 15.2 Å². The zero-order valence-corrected chi connectivity index (χ0v) is 15.4. The SMILES string of the molecule is COc1ccc(C(=O)N2CCCC(c3nccn3CC(N)=O)C2)c(OC)n1. The molecule has 1 aliphatic heterocycles. The third-order valence-electron chi connectivity index (χ3n) is 4.62. The fourth-order valence-corrected chi connectivity index (χ4v) is 3.38. The maximum Gasteiger partial charge on any atom is 0.259 e. The largest absolute Gasteiger partial charge is 0.481 e. The average Bonchev–Trinajstić information content (AvgIpc) is 3.14. The number of hydrogen-bond acceptors (Lipinski definition) is 6. The number of imidazole rings is 1. The summed E-state index contributed by atoms with van der Waals surface area (Å²) in [6.45, 7) is 1.22. The van der Waals surface area contributed by atoms with Gasteiger partial charge in [-0.05, 0) is 18.9 Å². The molecule has 0 radical (unpaired) electrons. The van der Waals surface area contributed by atoms with E-state index in [1.54, 1.807) is 34.0 Å². The van der Waals surface area contributed by atoms with Gasteiger partial charge in [-0.3, -0.25) is 9.59 Å². The number of aromatic nitrogens is 3. The third-order valence-corrected chi connectivity index (χ3v) is 4.62. The number of nitrogens with two attached hydrogens (primary N) is 1. The standard InChI is InChI=1S/C18H23N5O4/c1-26-15-6-5-13(17(21-15)27-2)18(25)23-8-3-4-12(10-23)16-20-7-9-22(16)11-14(19)24/h5-7,9,12H,3-4,8,10-11H2,1-2H3,(H2,19,24). The summed E-state index contributed by atoms with van der Waals surface area (Å²) in [5.41, 5.74) is 5.69. The zero-order valence-electron chi connectivity index (χ0n) is 15.4. The molecule has 1 fully saturated rings. The molecule has 2 aromatic rings. The van der Waals surface area contributed by atoms with Crippen LogP contribution in [-0.2, 0) is 11.3 Å². The lowest BCUT2D eigenvalue weighted by Crippen LogP contribution is -2.40. The number of hydrogen-bond donors (Lipinski definition) is 1. The highest BCUT2D eigenvalue weighted by Gasteiger charge is 2.29. The second kappa shape index (κ2) is 8.07. The van der Waals surface area contributed by atoms with E-state index < -0.39 is 5.91 Å². The van der Waals surface area contributed by atoms with Gasteiger partial charge in [-0.15, -0.1) is 0 Å². The molecule has 0 aromatic carbocycles. The Bertz CT molecular complexity index is 835. The molecule has 0 bridgehead atoms. The summed E-state index contributed by atoms with van der Waals surface area (Å²) in [4.78, 5) is 34.6. The molecule has 1 atom stereocenters. The Morgan fingerprint density at radius 1 is 1.30 bits per heavy atom. The van der Waals surface area contributed by atoms with E-state index in [9.17, 15) is 9.59 Å². The quantitative estimate of drug-likeness (QED) is 0.801. The molecule has 2 amide bonds. The van der Waals surface area contributed by atoms with Gasteiger partial charge >= 0.3 is 0 Å². The molecule has 2 N–H and O–H groups in total. The van der Waals surface area contributed by atoms with Crippen molar-refractivity contribution in [2.24, 2.45) is 5.73 Å². The minimum atomic E-state index is -0.424. The molecule has 3 rings (SSSR count). The second-order valence-corrected chi connectivity index (χ2v) is 6.38. The minimum Gasteiger partial charge on any atom is -0.481 e. The average molecular weight is 373 g/mol. The first kappa shape index (κ1) is 18.7. The smallest absolute Gasteiger partial charge is 0.259 e. The lowest BCUT2D eigenvalue weighted by molar-refractivity contribution is -0.118. The number of piperidine rings is 1. The summed E-state index contributed by atoms with van der Waals surface area (Å²) in [5.74, 6) is 0.845. The molecule has 1 aliphatic rings. The molecule has 3 heterocycles. The van der Waals surface area contributed by atoms with Gasteiger partial charge in [0.25, 0.3) is 5.91 Å². The van der Waals surface area contributed by atoms with E-state index in [0.29, 0.717) is 24.5 Å². The maximum atomic E-state index is 13.0. The molecular weight excluding hydrogens is 350 g/mol. The molecular formula is C18H23N5O4. The lowest BCUT2D eigenvalue weighted by Gasteiger charge is -2.32. The number of amides is 2. The van der Waals surface area contributed by atoms with E-state index in [0.717, 1.165) is 18.7 Å². The van der Waals surface area contributed by atoms with E-state index in [2.05, 4.69) is 9.97 Å². The van der Waals surface area contributed by atoms with E-state index in [-0.39, 0.29) is 24.2 Å². The van der Waals surface area contributed by atoms with Crippen LogP contribution in [0, 0.1) is 0 Å². The molecule has 1 saturated heterocycles. The molecule has 1 unspecified atom stereocenters. The Labute approximate surface area is 157 Å². The first-order chi connectivity index (χ1) is 13.0. The molecule has 0 saturated carbocycles. The van der Waals surface area contributed by atoms with Gasteiger partial charge in [-0.25, -0.2) is 4.98 Å². The van der Waals surface area contributed by atoms with Crippen LogP contribution in [0.25, 0.3) is 0 Å². The number of rotatable bonds is 6. The fourth-order valence-electron chi connectivity index (χ4n) is 3.38. The number of carbonyl (C=O) groups is 2. The van der Waals surface area contributed by atoms with Crippen molar-refractivity contribution < 1.29 is 19.1 Å².